The number of fused-ring (bicyclic) bond motifs is 1. The van der Waals surface area contributed by atoms with Gasteiger partial charge in [0.15, 0.2) is 5.75 Å². The standard InChI is InChI=1S/C24H23F3N4O7/c1-23(15-30-14-21(31(32)33)28-22(30)36-23)38-37-20-4-2-16(3-5-20)29-12-10-18(11-13-29)34-17-6-8-19(9-7-17)35-24(25,26)27/h2-9,14,18H,10-13,15H2,1H3/t23-/m0/s1. The zero-order valence-electron chi connectivity index (χ0n) is 20.1. The predicted octanol–water partition coefficient (Wildman–Crippen LogP) is 4.86. The van der Waals surface area contributed by atoms with Crippen LogP contribution in [0.2, 0.25) is 0 Å². The van der Waals surface area contributed by atoms with Gasteiger partial charge in [0, 0.05) is 43.5 Å². The minimum atomic E-state index is -4.73. The molecule has 38 heavy (non-hydrogen) atoms. The van der Waals surface area contributed by atoms with Crippen molar-refractivity contribution >= 4 is 11.5 Å². The van der Waals surface area contributed by atoms with Crippen molar-refractivity contribution < 1.29 is 42.1 Å². The van der Waals surface area contributed by atoms with Gasteiger partial charge < -0.3 is 34.1 Å². The van der Waals surface area contributed by atoms with Gasteiger partial charge in [-0.05, 0) is 53.5 Å². The van der Waals surface area contributed by atoms with Crippen molar-refractivity contribution in [2.45, 2.75) is 44.6 Å². The molecule has 14 heteroatoms. The molecule has 2 aromatic carbocycles. The van der Waals surface area contributed by atoms with E-state index in [1.165, 1.54) is 35.0 Å². The summed E-state index contributed by atoms with van der Waals surface area (Å²) >= 11 is 0. The number of rotatable bonds is 8. The lowest BCUT2D eigenvalue weighted by molar-refractivity contribution is -0.390. The van der Waals surface area contributed by atoms with Crippen LogP contribution >= 0.6 is 0 Å². The van der Waals surface area contributed by atoms with Gasteiger partial charge in [-0.1, -0.05) is 0 Å². The molecule has 0 bridgehead atoms. The quantitative estimate of drug-likeness (QED) is 0.227. The van der Waals surface area contributed by atoms with Crippen LogP contribution < -0.4 is 24.0 Å². The van der Waals surface area contributed by atoms with Crippen molar-refractivity contribution in [3.05, 3.63) is 64.8 Å². The van der Waals surface area contributed by atoms with Crippen LogP contribution in [-0.2, 0) is 11.4 Å². The van der Waals surface area contributed by atoms with Crippen LogP contribution in [0.25, 0.3) is 0 Å². The number of ether oxygens (including phenoxy) is 3. The molecule has 3 heterocycles. The molecule has 1 aromatic heterocycles. The van der Waals surface area contributed by atoms with Crippen LogP contribution in [0.15, 0.2) is 54.7 Å². The Balaban J connectivity index is 1.07. The van der Waals surface area contributed by atoms with Crippen LogP contribution in [0.4, 0.5) is 24.7 Å². The Bertz CT molecular complexity index is 1250. The Morgan fingerprint density at radius 3 is 2.29 bits per heavy atom. The number of anilines is 1. The number of alkyl halides is 3. The van der Waals surface area contributed by atoms with Gasteiger partial charge in [0.2, 0.25) is 0 Å². The van der Waals surface area contributed by atoms with Crippen molar-refractivity contribution in [2.24, 2.45) is 0 Å². The number of piperidine rings is 1. The molecular formula is C24H23F3N4O7. The van der Waals surface area contributed by atoms with Crippen LogP contribution in [-0.4, -0.2) is 45.8 Å². The number of benzene rings is 2. The lowest BCUT2D eigenvalue weighted by Crippen LogP contribution is -2.38. The molecule has 0 spiro atoms. The van der Waals surface area contributed by atoms with Gasteiger partial charge >= 0.3 is 18.2 Å². The first-order valence-corrected chi connectivity index (χ1v) is 11.7. The monoisotopic (exact) mass is 536 g/mol. The van der Waals surface area contributed by atoms with Crippen molar-refractivity contribution in [1.29, 1.82) is 0 Å². The third kappa shape index (κ3) is 6.02. The number of halogens is 3. The maximum absolute atomic E-state index is 12.3. The maximum Gasteiger partial charge on any atom is 0.573 e. The fourth-order valence-corrected chi connectivity index (χ4v) is 4.24. The smallest absolute Gasteiger partial charge is 0.490 e. The number of nitro groups is 1. The van der Waals surface area contributed by atoms with Gasteiger partial charge in [-0.3, -0.25) is 4.57 Å². The van der Waals surface area contributed by atoms with Crippen molar-refractivity contribution in [1.82, 2.24) is 9.55 Å². The Morgan fingerprint density at radius 2 is 1.68 bits per heavy atom. The lowest BCUT2D eigenvalue weighted by atomic mass is 10.1. The molecule has 0 saturated carbocycles. The summed E-state index contributed by atoms with van der Waals surface area (Å²) in [5, 5.41) is 10.8. The average Bonchev–Trinajstić information content (AvgIpc) is 3.40. The van der Waals surface area contributed by atoms with Gasteiger partial charge in [0.05, 0.1) is 6.54 Å². The summed E-state index contributed by atoms with van der Waals surface area (Å²) in [4.78, 5) is 27.1. The molecule has 0 aliphatic carbocycles. The van der Waals surface area contributed by atoms with Gasteiger partial charge in [-0.25, -0.2) is 0 Å². The Labute approximate surface area is 214 Å². The van der Waals surface area contributed by atoms with Crippen LogP contribution in [0.3, 0.4) is 0 Å². The largest absolute Gasteiger partial charge is 0.573 e. The number of imidazole rings is 1. The van der Waals surface area contributed by atoms with E-state index >= 15 is 0 Å². The van der Waals surface area contributed by atoms with Crippen molar-refractivity contribution in [2.75, 3.05) is 18.0 Å². The summed E-state index contributed by atoms with van der Waals surface area (Å²) in [5.41, 5.74) is 0.986. The summed E-state index contributed by atoms with van der Waals surface area (Å²) in [5.74, 6) is -0.848. The fourth-order valence-electron chi connectivity index (χ4n) is 4.24. The zero-order valence-corrected chi connectivity index (χ0v) is 20.1. The third-order valence-electron chi connectivity index (χ3n) is 6.00. The van der Waals surface area contributed by atoms with Crippen molar-refractivity contribution in [3.8, 4) is 23.3 Å². The summed E-state index contributed by atoms with van der Waals surface area (Å²) < 4.78 is 53.8. The first kappa shape index (κ1) is 25.4. The minimum absolute atomic E-state index is 0.0556. The summed E-state index contributed by atoms with van der Waals surface area (Å²) in [7, 11) is 0. The minimum Gasteiger partial charge on any atom is -0.490 e. The summed E-state index contributed by atoms with van der Waals surface area (Å²) in [6.45, 7) is 3.28. The fraction of sp³-hybridized carbons (Fsp3) is 0.375. The number of nitrogens with zero attached hydrogens (tertiary/aromatic N) is 4. The Morgan fingerprint density at radius 1 is 1.05 bits per heavy atom. The molecule has 1 saturated heterocycles. The second kappa shape index (κ2) is 9.93. The van der Waals surface area contributed by atoms with Gasteiger partial charge in [-0.15, -0.1) is 18.1 Å². The highest BCUT2D eigenvalue weighted by Gasteiger charge is 2.43. The van der Waals surface area contributed by atoms with Crippen LogP contribution in [0.1, 0.15) is 19.8 Å². The molecule has 2 aliphatic rings. The van der Waals surface area contributed by atoms with E-state index < -0.39 is 17.1 Å². The molecule has 3 aromatic rings. The second-order valence-electron chi connectivity index (χ2n) is 8.99. The van der Waals surface area contributed by atoms with E-state index in [4.69, 9.17) is 19.2 Å². The summed E-state index contributed by atoms with van der Waals surface area (Å²) in [6, 6.07) is 12.8. The van der Waals surface area contributed by atoms with Gasteiger partial charge in [-0.2, -0.15) is 0 Å². The topological polar surface area (TPSA) is 110 Å². The van der Waals surface area contributed by atoms with E-state index in [2.05, 4.69) is 14.6 Å². The molecular weight excluding hydrogens is 513 g/mol. The van der Waals surface area contributed by atoms with E-state index in [1.807, 2.05) is 12.1 Å². The highest BCUT2D eigenvalue weighted by atomic mass is 19.4. The third-order valence-corrected chi connectivity index (χ3v) is 6.00. The van der Waals surface area contributed by atoms with E-state index in [1.54, 1.807) is 19.1 Å². The van der Waals surface area contributed by atoms with Crippen LogP contribution in [0.5, 0.6) is 23.3 Å². The molecule has 5 rings (SSSR count). The normalized spacial score (nSPS) is 19.5. The first-order valence-electron chi connectivity index (χ1n) is 11.7. The highest BCUT2D eigenvalue weighted by molar-refractivity contribution is 5.49. The van der Waals surface area contributed by atoms with Gasteiger partial charge in [0.25, 0.3) is 5.79 Å². The Hall–Kier alpha value is -4.20. The molecule has 202 valence electrons. The molecule has 1 fully saturated rings. The molecule has 2 aliphatic heterocycles. The number of hydrogen-bond acceptors (Lipinski definition) is 9. The second-order valence-corrected chi connectivity index (χ2v) is 8.99. The van der Waals surface area contributed by atoms with E-state index in [0.29, 0.717) is 11.5 Å². The summed E-state index contributed by atoms with van der Waals surface area (Å²) in [6.07, 6.45) is -2.03. The first-order chi connectivity index (χ1) is 18.1. The lowest BCUT2D eigenvalue weighted by Gasteiger charge is -2.33. The van der Waals surface area contributed by atoms with E-state index in [-0.39, 0.29) is 30.2 Å². The molecule has 0 amide bonds. The van der Waals surface area contributed by atoms with Gasteiger partial charge in [0.1, 0.15) is 23.8 Å². The molecule has 0 radical (unpaired) electrons. The molecule has 11 nitrogen and oxygen atoms in total. The zero-order chi connectivity index (χ0) is 26.9. The molecule has 0 N–H and O–H groups in total. The average molecular weight is 536 g/mol. The van der Waals surface area contributed by atoms with E-state index in [9.17, 15) is 23.3 Å². The van der Waals surface area contributed by atoms with Crippen LogP contribution in [0, 0.1) is 10.1 Å². The Kier molecular flexibility index (Phi) is 6.65. The molecule has 1 atom stereocenters. The van der Waals surface area contributed by atoms with Crippen molar-refractivity contribution in [3.63, 3.8) is 0 Å². The number of hydrogen-bond donors (Lipinski definition) is 0. The number of aromatic nitrogens is 2. The SMILES string of the molecule is C[C@]1(OOc2ccc(N3CCC(Oc4ccc(OC(F)(F)F)cc4)CC3)cc2)Cn2cc([N+](=O)[O-])nc2O1. The van der Waals surface area contributed by atoms with E-state index in [0.717, 1.165) is 31.6 Å². The molecule has 0 unspecified atom stereocenters. The maximum atomic E-state index is 12.3. The highest BCUT2D eigenvalue weighted by Crippen LogP contribution is 2.33. The predicted molar refractivity (Wildman–Crippen MR) is 125 cm³/mol.